The molecule has 7 heteroatoms. The van der Waals surface area contributed by atoms with E-state index in [-0.39, 0.29) is 0 Å². The van der Waals surface area contributed by atoms with Gasteiger partial charge in [0.25, 0.3) is 0 Å². The Morgan fingerprint density at radius 3 is 2.63 bits per heavy atom. The molecule has 1 fully saturated rings. The van der Waals surface area contributed by atoms with E-state index in [0.717, 1.165) is 25.3 Å². The first kappa shape index (κ1) is 14.5. The molecule has 0 amide bonds. The lowest BCUT2D eigenvalue weighted by molar-refractivity contribution is 0.222. The second-order valence-electron chi connectivity index (χ2n) is 4.85. The largest absolute Gasteiger partial charge is 0.363 e. The van der Waals surface area contributed by atoms with E-state index in [9.17, 15) is 8.42 Å². The summed E-state index contributed by atoms with van der Waals surface area (Å²) >= 11 is 0. The molecule has 6 nitrogen and oxygen atoms in total. The highest BCUT2D eigenvalue weighted by molar-refractivity contribution is 7.89. The molecule has 1 aromatic rings. The van der Waals surface area contributed by atoms with E-state index in [1.54, 1.807) is 16.6 Å². The molecular weight excluding hydrogens is 264 g/mol. The van der Waals surface area contributed by atoms with Gasteiger partial charge in [0.05, 0.1) is 4.90 Å². The van der Waals surface area contributed by atoms with Crippen LogP contribution in [0.5, 0.6) is 0 Å². The number of aromatic amines is 1. The standard InChI is InChI=1S/C12H22N4O2S/c1-3-13-9-11-8-12(10-14-11)19(17,18)16-6-4-15(2)5-7-16/h8,10,13-14H,3-7,9H2,1-2H3. The van der Waals surface area contributed by atoms with Crippen molar-refractivity contribution in [1.82, 2.24) is 19.5 Å². The Morgan fingerprint density at radius 1 is 1.32 bits per heavy atom. The van der Waals surface area contributed by atoms with E-state index in [4.69, 9.17) is 0 Å². The molecule has 0 spiro atoms. The number of nitrogens with zero attached hydrogens (tertiary/aromatic N) is 2. The molecular formula is C12H22N4O2S. The molecule has 0 unspecified atom stereocenters. The maximum absolute atomic E-state index is 12.4. The van der Waals surface area contributed by atoms with Crippen molar-refractivity contribution in [3.63, 3.8) is 0 Å². The summed E-state index contributed by atoms with van der Waals surface area (Å²) in [7, 11) is -1.33. The van der Waals surface area contributed by atoms with Crippen LogP contribution in [0.25, 0.3) is 0 Å². The van der Waals surface area contributed by atoms with Crippen molar-refractivity contribution in [1.29, 1.82) is 0 Å². The third-order valence-corrected chi connectivity index (χ3v) is 5.26. The summed E-state index contributed by atoms with van der Waals surface area (Å²) in [6.45, 7) is 6.24. The van der Waals surface area contributed by atoms with E-state index in [0.29, 0.717) is 24.5 Å². The van der Waals surface area contributed by atoms with Crippen molar-refractivity contribution < 1.29 is 8.42 Å². The summed E-state index contributed by atoms with van der Waals surface area (Å²) < 4.78 is 26.5. The molecule has 1 aromatic heterocycles. The topological polar surface area (TPSA) is 68.4 Å². The van der Waals surface area contributed by atoms with Gasteiger partial charge in [-0.25, -0.2) is 8.42 Å². The van der Waals surface area contributed by atoms with Crippen LogP contribution in [-0.4, -0.2) is 62.4 Å². The number of piperazine rings is 1. The molecule has 0 radical (unpaired) electrons. The number of rotatable bonds is 5. The second kappa shape index (κ2) is 6.04. The first-order valence-corrected chi connectivity index (χ1v) is 8.04. The highest BCUT2D eigenvalue weighted by atomic mass is 32.2. The lowest BCUT2D eigenvalue weighted by atomic mass is 10.4. The number of likely N-dealkylation sites (N-methyl/N-ethyl adjacent to an activating group) is 1. The Labute approximate surface area is 114 Å². The summed E-state index contributed by atoms with van der Waals surface area (Å²) in [6, 6.07) is 1.72. The van der Waals surface area contributed by atoms with Crippen LogP contribution in [0.3, 0.4) is 0 Å². The molecule has 1 aliphatic rings. The monoisotopic (exact) mass is 286 g/mol. The van der Waals surface area contributed by atoms with Crippen molar-refractivity contribution in [2.45, 2.75) is 18.4 Å². The number of hydrogen-bond donors (Lipinski definition) is 2. The number of nitrogens with one attached hydrogen (secondary N) is 2. The first-order valence-electron chi connectivity index (χ1n) is 6.60. The third kappa shape index (κ3) is 3.36. The van der Waals surface area contributed by atoms with Crippen LogP contribution in [0.2, 0.25) is 0 Å². The predicted molar refractivity (Wildman–Crippen MR) is 74.4 cm³/mol. The third-order valence-electron chi connectivity index (χ3n) is 3.38. The molecule has 1 saturated heterocycles. The number of H-pyrrole nitrogens is 1. The van der Waals surface area contributed by atoms with E-state index >= 15 is 0 Å². The van der Waals surface area contributed by atoms with Gasteiger partial charge in [-0.1, -0.05) is 6.92 Å². The van der Waals surface area contributed by atoms with Gasteiger partial charge in [0.2, 0.25) is 10.0 Å². The lowest BCUT2D eigenvalue weighted by Crippen LogP contribution is -2.46. The van der Waals surface area contributed by atoms with E-state index in [1.165, 1.54) is 0 Å². The first-order chi connectivity index (χ1) is 9.04. The van der Waals surface area contributed by atoms with Gasteiger partial charge < -0.3 is 15.2 Å². The van der Waals surface area contributed by atoms with Gasteiger partial charge in [0, 0.05) is 44.6 Å². The average Bonchev–Trinajstić information content (AvgIpc) is 2.86. The van der Waals surface area contributed by atoms with Crippen LogP contribution in [0, 0.1) is 0 Å². The molecule has 0 bridgehead atoms. The summed E-state index contributed by atoms with van der Waals surface area (Å²) in [5, 5.41) is 3.17. The van der Waals surface area contributed by atoms with Crippen LogP contribution in [0.1, 0.15) is 12.6 Å². The fourth-order valence-corrected chi connectivity index (χ4v) is 3.55. The fraction of sp³-hybridized carbons (Fsp3) is 0.667. The highest BCUT2D eigenvalue weighted by Crippen LogP contribution is 2.18. The quantitative estimate of drug-likeness (QED) is 0.803. The van der Waals surface area contributed by atoms with Crippen LogP contribution < -0.4 is 5.32 Å². The van der Waals surface area contributed by atoms with Crippen molar-refractivity contribution >= 4 is 10.0 Å². The molecule has 2 N–H and O–H groups in total. The number of hydrogen-bond acceptors (Lipinski definition) is 4. The Bertz CT molecular complexity index is 504. The highest BCUT2D eigenvalue weighted by Gasteiger charge is 2.28. The minimum atomic E-state index is -3.34. The number of aromatic nitrogens is 1. The summed E-state index contributed by atoms with van der Waals surface area (Å²) in [5.74, 6) is 0. The average molecular weight is 286 g/mol. The van der Waals surface area contributed by atoms with E-state index < -0.39 is 10.0 Å². The normalized spacial score (nSPS) is 18.8. The molecule has 0 atom stereocenters. The van der Waals surface area contributed by atoms with Crippen LogP contribution in [0.15, 0.2) is 17.2 Å². The Hall–Kier alpha value is -0.890. The van der Waals surface area contributed by atoms with Crippen molar-refractivity contribution in [3.05, 3.63) is 18.0 Å². The zero-order valence-electron chi connectivity index (χ0n) is 11.5. The van der Waals surface area contributed by atoms with Gasteiger partial charge in [-0.15, -0.1) is 0 Å². The molecule has 0 aromatic carbocycles. The molecule has 108 valence electrons. The molecule has 2 heterocycles. The Balaban J connectivity index is 2.08. The van der Waals surface area contributed by atoms with Gasteiger partial charge in [-0.2, -0.15) is 4.31 Å². The van der Waals surface area contributed by atoms with Crippen molar-refractivity contribution in [2.75, 3.05) is 39.8 Å². The zero-order chi connectivity index (χ0) is 13.9. The lowest BCUT2D eigenvalue weighted by Gasteiger charge is -2.31. The van der Waals surface area contributed by atoms with Crippen LogP contribution in [0.4, 0.5) is 0 Å². The van der Waals surface area contributed by atoms with Crippen LogP contribution >= 0.6 is 0 Å². The SMILES string of the molecule is CCNCc1cc(S(=O)(=O)N2CCN(C)CC2)c[nH]1. The smallest absolute Gasteiger partial charge is 0.244 e. The van der Waals surface area contributed by atoms with Gasteiger partial charge >= 0.3 is 0 Å². The number of sulfonamides is 1. The minimum Gasteiger partial charge on any atom is -0.363 e. The molecule has 19 heavy (non-hydrogen) atoms. The Morgan fingerprint density at radius 2 is 2.00 bits per heavy atom. The fourth-order valence-electron chi connectivity index (χ4n) is 2.11. The maximum atomic E-state index is 12.4. The van der Waals surface area contributed by atoms with E-state index in [1.807, 2.05) is 14.0 Å². The Kier molecular flexibility index (Phi) is 4.62. The summed E-state index contributed by atoms with van der Waals surface area (Å²) in [5.41, 5.74) is 0.898. The van der Waals surface area contributed by atoms with Crippen molar-refractivity contribution in [3.8, 4) is 0 Å². The minimum absolute atomic E-state index is 0.366. The second-order valence-corrected chi connectivity index (χ2v) is 6.79. The molecule has 1 aliphatic heterocycles. The molecule has 0 aliphatic carbocycles. The van der Waals surface area contributed by atoms with Gasteiger partial charge in [-0.3, -0.25) is 0 Å². The van der Waals surface area contributed by atoms with E-state index in [2.05, 4.69) is 15.2 Å². The predicted octanol–water partition coefficient (Wildman–Crippen LogP) is 0.0603. The summed E-state index contributed by atoms with van der Waals surface area (Å²) in [6.07, 6.45) is 1.58. The van der Waals surface area contributed by atoms with Gasteiger partial charge in [-0.05, 0) is 19.7 Å². The van der Waals surface area contributed by atoms with Gasteiger partial charge in [0.1, 0.15) is 0 Å². The van der Waals surface area contributed by atoms with Gasteiger partial charge in [0.15, 0.2) is 0 Å². The molecule has 0 saturated carbocycles. The summed E-state index contributed by atoms with van der Waals surface area (Å²) in [4.78, 5) is 5.52. The molecule has 2 rings (SSSR count). The van der Waals surface area contributed by atoms with Crippen molar-refractivity contribution in [2.24, 2.45) is 0 Å². The van der Waals surface area contributed by atoms with Crippen LogP contribution in [-0.2, 0) is 16.6 Å². The zero-order valence-corrected chi connectivity index (χ0v) is 12.3. The maximum Gasteiger partial charge on any atom is 0.244 e.